The molecule has 1 N–H and O–H groups in total. The zero-order chi connectivity index (χ0) is 19.8. The fourth-order valence-electron chi connectivity index (χ4n) is 4.12. The normalized spacial score (nSPS) is 15.6. The third-order valence-corrected chi connectivity index (χ3v) is 5.73. The summed E-state index contributed by atoms with van der Waals surface area (Å²) in [6.07, 6.45) is 4.03. The predicted molar refractivity (Wildman–Crippen MR) is 110 cm³/mol. The molecule has 2 aromatic rings. The van der Waals surface area contributed by atoms with Gasteiger partial charge in [-0.1, -0.05) is 60.7 Å². The van der Waals surface area contributed by atoms with E-state index in [0.29, 0.717) is 24.5 Å². The molecule has 3 rings (SSSR count). The van der Waals surface area contributed by atoms with Gasteiger partial charge in [-0.2, -0.15) is 0 Å². The molecule has 28 heavy (non-hydrogen) atoms. The van der Waals surface area contributed by atoms with Crippen molar-refractivity contribution in [2.24, 2.45) is 5.92 Å². The molecule has 1 aliphatic rings. The zero-order valence-electron chi connectivity index (χ0n) is 16.3. The lowest BCUT2D eigenvalue weighted by Crippen LogP contribution is -2.37. The summed E-state index contributed by atoms with van der Waals surface area (Å²) in [6, 6.07) is 20.5. The van der Waals surface area contributed by atoms with Crippen molar-refractivity contribution in [1.82, 2.24) is 4.90 Å². The van der Waals surface area contributed by atoms with Gasteiger partial charge in [-0.15, -0.1) is 0 Å². The monoisotopic (exact) mass is 379 g/mol. The molecule has 0 amide bonds. The zero-order valence-corrected chi connectivity index (χ0v) is 16.3. The molecule has 1 saturated heterocycles. The highest BCUT2D eigenvalue weighted by atomic mass is 16.4. The Morgan fingerprint density at radius 1 is 0.929 bits per heavy atom. The Morgan fingerprint density at radius 3 is 1.96 bits per heavy atom. The van der Waals surface area contributed by atoms with Gasteiger partial charge in [0.25, 0.3) is 0 Å². The lowest BCUT2D eigenvalue weighted by atomic mass is 9.85. The molecule has 2 aromatic carbocycles. The van der Waals surface area contributed by atoms with Crippen molar-refractivity contribution in [2.45, 2.75) is 38.0 Å². The number of benzene rings is 2. The molecule has 0 saturated carbocycles. The summed E-state index contributed by atoms with van der Waals surface area (Å²) in [4.78, 5) is 25.6. The fraction of sp³-hybridized carbons (Fsp3) is 0.417. The highest BCUT2D eigenvalue weighted by Crippen LogP contribution is 2.29. The molecular weight excluding hydrogens is 350 g/mol. The van der Waals surface area contributed by atoms with E-state index in [-0.39, 0.29) is 12.5 Å². The minimum Gasteiger partial charge on any atom is -0.480 e. The first-order chi connectivity index (χ1) is 13.6. The van der Waals surface area contributed by atoms with Gasteiger partial charge in [0.2, 0.25) is 0 Å². The van der Waals surface area contributed by atoms with E-state index in [1.807, 2.05) is 41.3 Å². The van der Waals surface area contributed by atoms with Crippen LogP contribution < -0.4 is 0 Å². The van der Waals surface area contributed by atoms with E-state index in [0.717, 1.165) is 32.4 Å². The van der Waals surface area contributed by atoms with Crippen molar-refractivity contribution in [3.05, 3.63) is 71.8 Å². The first-order valence-electron chi connectivity index (χ1n) is 10.2. The third-order valence-electron chi connectivity index (χ3n) is 5.73. The van der Waals surface area contributed by atoms with Gasteiger partial charge in [-0.05, 0) is 49.4 Å². The Balaban J connectivity index is 1.53. The quantitative estimate of drug-likeness (QED) is 0.703. The summed E-state index contributed by atoms with van der Waals surface area (Å²) in [5.41, 5.74) is 2.37. The maximum absolute atomic E-state index is 12.8. The minimum atomic E-state index is -0.763. The fourth-order valence-corrected chi connectivity index (χ4v) is 4.12. The van der Waals surface area contributed by atoms with Crippen LogP contribution in [0, 0.1) is 5.92 Å². The van der Waals surface area contributed by atoms with Gasteiger partial charge in [-0.25, -0.2) is 0 Å². The second-order valence-corrected chi connectivity index (χ2v) is 7.77. The number of carboxylic acid groups (broad SMARTS) is 1. The van der Waals surface area contributed by atoms with Crippen LogP contribution in [-0.2, 0) is 9.59 Å². The molecule has 1 aliphatic heterocycles. The Bertz CT molecular complexity index is 712. The third kappa shape index (κ3) is 6.03. The Kier molecular flexibility index (Phi) is 7.38. The number of likely N-dealkylation sites (tertiary alicyclic amines) is 1. The molecule has 0 bridgehead atoms. The van der Waals surface area contributed by atoms with Gasteiger partial charge < -0.3 is 5.11 Å². The van der Waals surface area contributed by atoms with Crippen LogP contribution >= 0.6 is 0 Å². The molecule has 4 heteroatoms. The average molecular weight is 380 g/mol. The predicted octanol–water partition coefficient (Wildman–Crippen LogP) is 4.35. The van der Waals surface area contributed by atoms with Crippen LogP contribution in [0.2, 0.25) is 0 Å². The van der Waals surface area contributed by atoms with Gasteiger partial charge >= 0.3 is 5.97 Å². The summed E-state index contributed by atoms with van der Waals surface area (Å²) in [6.45, 7) is 1.77. The molecule has 148 valence electrons. The maximum Gasteiger partial charge on any atom is 0.317 e. The maximum atomic E-state index is 12.8. The van der Waals surface area contributed by atoms with Crippen molar-refractivity contribution in [3.63, 3.8) is 0 Å². The van der Waals surface area contributed by atoms with Gasteiger partial charge in [0, 0.05) is 18.8 Å². The van der Waals surface area contributed by atoms with E-state index in [4.69, 9.17) is 5.11 Å². The molecule has 0 unspecified atom stereocenters. The number of piperidine rings is 1. The number of aliphatic carboxylic acids is 1. The number of carboxylic acids is 1. The Morgan fingerprint density at radius 2 is 1.46 bits per heavy atom. The van der Waals surface area contributed by atoms with Crippen molar-refractivity contribution in [3.8, 4) is 0 Å². The second-order valence-electron chi connectivity index (χ2n) is 7.77. The van der Waals surface area contributed by atoms with Crippen LogP contribution in [0.1, 0.15) is 49.1 Å². The van der Waals surface area contributed by atoms with Crippen molar-refractivity contribution >= 4 is 11.8 Å². The number of Topliss-reactive ketones (excluding diaryl/α,β-unsaturated/α-hetero) is 1. The standard InChI is InChI=1S/C24H29NO3/c26-22(12-11-19-13-15-25(16-14-19)18-24(27)28)17-23(20-7-3-1-4-8-20)21-9-5-2-6-10-21/h1-10,19,23H,11-18H2,(H,27,28). The molecule has 0 aromatic heterocycles. The molecule has 0 aliphatic carbocycles. The van der Waals surface area contributed by atoms with Crippen molar-refractivity contribution < 1.29 is 14.7 Å². The SMILES string of the molecule is O=C(O)CN1CCC(CCC(=O)CC(c2ccccc2)c2ccccc2)CC1. The molecule has 0 radical (unpaired) electrons. The smallest absolute Gasteiger partial charge is 0.317 e. The summed E-state index contributed by atoms with van der Waals surface area (Å²) in [5.74, 6) is 0.181. The summed E-state index contributed by atoms with van der Waals surface area (Å²) in [5, 5.41) is 8.89. The summed E-state index contributed by atoms with van der Waals surface area (Å²) in [7, 11) is 0. The van der Waals surface area contributed by atoms with Crippen molar-refractivity contribution in [2.75, 3.05) is 19.6 Å². The first kappa shape index (κ1) is 20.3. The molecule has 0 spiro atoms. The first-order valence-corrected chi connectivity index (χ1v) is 10.2. The number of hydrogen-bond donors (Lipinski definition) is 1. The lowest BCUT2D eigenvalue weighted by Gasteiger charge is -2.30. The largest absolute Gasteiger partial charge is 0.480 e. The lowest BCUT2D eigenvalue weighted by molar-refractivity contribution is -0.138. The molecule has 4 nitrogen and oxygen atoms in total. The van der Waals surface area contributed by atoms with Crippen LogP contribution in [0.5, 0.6) is 0 Å². The molecule has 1 fully saturated rings. The van der Waals surface area contributed by atoms with Crippen molar-refractivity contribution in [1.29, 1.82) is 0 Å². The second kappa shape index (κ2) is 10.2. The van der Waals surface area contributed by atoms with Gasteiger partial charge in [0.15, 0.2) is 0 Å². The molecule has 1 heterocycles. The number of carbonyl (C=O) groups excluding carboxylic acids is 1. The van der Waals surface area contributed by atoms with Crippen LogP contribution in [-0.4, -0.2) is 41.4 Å². The Hall–Kier alpha value is -2.46. The van der Waals surface area contributed by atoms with E-state index in [9.17, 15) is 9.59 Å². The number of hydrogen-bond acceptors (Lipinski definition) is 3. The summed E-state index contributed by atoms with van der Waals surface area (Å²) >= 11 is 0. The average Bonchev–Trinajstić information content (AvgIpc) is 2.72. The summed E-state index contributed by atoms with van der Waals surface area (Å²) < 4.78 is 0. The topological polar surface area (TPSA) is 57.6 Å². The minimum absolute atomic E-state index is 0.104. The van der Waals surface area contributed by atoms with Gasteiger partial charge in [0.05, 0.1) is 6.54 Å². The van der Waals surface area contributed by atoms with Gasteiger partial charge in [-0.3, -0.25) is 14.5 Å². The van der Waals surface area contributed by atoms with E-state index >= 15 is 0 Å². The van der Waals surface area contributed by atoms with Crippen LogP contribution in [0.4, 0.5) is 0 Å². The number of rotatable bonds is 9. The van der Waals surface area contributed by atoms with E-state index in [2.05, 4.69) is 24.3 Å². The van der Waals surface area contributed by atoms with Crippen LogP contribution in [0.3, 0.4) is 0 Å². The van der Waals surface area contributed by atoms with Crippen LogP contribution in [0.15, 0.2) is 60.7 Å². The molecule has 0 atom stereocenters. The molecular formula is C24H29NO3. The highest BCUT2D eigenvalue weighted by Gasteiger charge is 2.23. The highest BCUT2D eigenvalue weighted by molar-refractivity contribution is 5.79. The van der Waals surface area contributed by atoms with E-state index in [1.54, 1.807) is 0 Å². The number of ketones is 1. The number of carbonyl (C=O) groups is 2. The number of nitrogens with zero attached hydrogens (tertiary/aromatic N) is 1. The van der Waals surface area contributed by atoms with E-state index in [1.165, 1.54) is 11.1 Å². The van der Waals surface area contributed by atoms with Crippen LogP contribution in [0.25, 0.3) is 0 Å². The van der Waals surface area contributed by atoms with E-state index < -0.39 is 5.97 Å². The van der Waals surface area contributed by atoms with Gasteiger partial charge in [0.1, 0.15) is 5.78 Å². The Labute approximate surface area is 167 Å².